The fourth-order valence-corrected chi connectivity index (χ4v) is 4.28. The summed E-state index contributed by atoms with van der Waals surface area (Å²) in [5, 5.41) is 0.360. The molecule has 0 atom stereocenters. The second kappa shape index (κ2) is 6.16. The topological polar surface area (TPSA) is 72.2 Å². The molecule has 0 saturated heterocycles. The number of anilines is 2. The van der Waals surface area contributed by atoms with E-state index in [1.54, 1.807) is 25.1 Å². The average molecular weight is 455 g/mol. The van der Waals surface area contributed by atoms with E-state index in [4.69, 9.17) is 17.3 Å². The summed E-state index contributed by atoms with van der Waals surface area (Å²) in [6.45, 7) is 1.70. The molecule has 0 radical (unpaired) electrons. The van der Waals surface area contributed by atoms with Gasteiger partial charge >= 0.3 is 0 Å². The molecule has 8 heteroatoms. The third kappa shape index (κ3) is 3.71. The molecular weight excluding hydrogens is 443 g/mol. The number of hydrogen-bond acceptors (Lipinski definition) is 3. The molecule has 2 aromatic carbocycles. The summed E-state index contributed by atoms with van der Waals surface area (Å²) in [6.07, 6.45) is 0. The largest absolute Gasteiger partial charge is 0.397 e. The maximum atomic E-state index is 12.4. The Balaban J connectivity index is 2.43. The highest BCUT2D eigenvalue weighted by atomic mass is 79.9. The molecule has 112 valence electrons. The molecule has 0 spiro atoms. The summed E-state index contributed by atoms with van der Waals surface area (Å²) in [4.78, 5) is 0.0664. The SMILES string of the molecule is Cc1cc(S(=O)(=O)Nc2ccc(Br)cc2Br)cc(N)c1Cl. The van der Waals surface area contributed by atoms with Crippen LogP contribution in [0.4, 0.5) is 11.4 Å². The Morgan fingerprint density at radius 1 is 1.19 bits per heavy atom. The van der Waals surface area contributed by atoms with Gasteiger partial charge in [0, 0.05) is 8.95 Å². The summed E-state index contributed by atoms with van der Waals surface area (Å²) in [5.41, 5.74) is 6.99. The van der Waals surface area contributed by atoms with Crippen molar-refractivity contribution in [1.82, 2.24) is 0 Å². The van der Waals surface area contributed by atoms with Crippen molar-refractivity contribution in [2.24, 2.45) is 0 Å². The minimum absolute atomic E-state index is 0.0664. The standard InChI is InChI=1S/C13H11Br2ClN2O2S/c1-7-4-9(6-11(17)13(7)16)21(19,20)18-12-3-2-8(14)5-10(12)15/h2-6,18H,17H2,1H3. The van der Waals surface area contributed by atoms with Crippen LogP contribution in [0.5, 0.6) is 0 Å². The van der Waals surface area contributed by atoms with Gasteiger partial charge in [-0.2, -0.15) is 0 Å². The smallest absolute Gasteiger partial charge is 0.262 e. The number of halogens is 3. The normalized spacial score (nSPS) is 11.4. The number of aryl methyl sites for hydroxylation is 1. The zero-order chi connectivity index (χ0) is 15.8. The van der Waals surface area contributed by atoms with E-state index in [0.29, 0.717) is 20.7 Å². The van der Waals surface area contributed by atoms with Crippen molar-refractivity contribution >= 4 is 64.9 Å². The summed E-state index contributed by atoms with van der Waals surface area (Å²) in [6, 6.07) is 7.96. The van der Waals surface area contributed by atoms with E-state index in [9.17, 15) is 8.42 Å². The Labute approximate surface area is 145 Å². The Morgan fingerprint density at radius 2 is 1.86 bits per heavy atom. The van der Waals surface area contributed by atoms with E-state index < -0.39 is 10.0 Å². The van der Waals surface area contributed by atoms with Gasteiger partial charge in [0.05, 0.1) is 21.3 Å². The van der Waals surface area contributed by atoms with Crippen LogP contribution in [0.25, 0.3) is 0 Å². The maximum Gasteiger partial charge on any atom is 0.262 e. The molecule has 0 aliphatic rings. The highest BCUT2D eigenvalue weighted by Crippen LogP contribution is 2.30. The number of rotatable bonds is 3. The van der Waals surface area contributed by atoms with E-state index in [1.165, 1.54) is 12.1 Å². The molecule has 0 amide bonds. The highest BCUT2D eigenvalue weighted by Gasteiger charge is 2.18. The Bertz CT molecular complexity index is 787. The molecule has 0 unspecified atom stereocenters. The molecule has 0 aliphatic heterocycles. The summed E-state index contributed by atoms with van der Waals surface area (Å²) in [7, 11) is -3.74. The van der Waals surface area contributed by atoms with Crippen LogP contribution in [0.3, 0.4) is 0 Å². The zero-order valence-corrected chi connectivity index (χ0v) is 15.6. The summed E-state index contributed by atoms with van der Waals surface area (Å²) < 4.78 is 28.8. The van der Waals surface area contributed by atoms with Gasteiger partial charge in [-0.15, -0.1) is 0 Å². The number of sulfonamides is 1. The molecule has 0 saturated carbocycles. The van der Waals surface area contributed by atoms with Crippen LogP contribution in [0.2, 0.25) is 5.02 Å². The van der Waals surface area contributed by atoms with E-state index >= 15 is 0 Å². The summed E-state index contributed by atoms with van der Waals surface area (Å²) in [5.74, 6) is 0. The van der Waals surface area contributed by atoms with Crippen LogP contribution in [0, 0.1) is 6.92 Å². The Morgan fingerprint density at radius 3 is 2.43 bits per heavy atom. The molecule has 0 fully saturated rings. The van der Waals surface area contributed by atoms with Gasteiger partial charge in [0.15, 0.2) is 0 Å². The van der Waals surface area contributed by atoms with Crippen molar-refractivity contribution in [3.63, 3.8) is 0 Å². The second-order valence-electron chi connectivity index (χ2n) is 4.37. The number of benzene rings is 2. The molecular formula is C13H11Br2ClN2O2S. The van der Waals surface area contributed by atoms with Crippen molar-refractivity contribution in [2.45, 2.75) is 11.8 Å². The number of hydrogen-bond donors (Lipinski definition) is 2. The van der Waals surface area contributed by atoms with Gasteiger partial charge < -0.3 is 5.73 Å². The summed E-state index contributed by atoms with van der Waals surface area (Å²) >= 11 is 12.6. The molecule has 2 rings (SSSR count). The predicted octanol–water partition coefficient (Wildman–Crippen LogP) is 4.56. The molecule has 4 nitrogen and oxygen atoms in total. The van der Waals surface area contributed by atoms with Crippen molar-refractivity contribution in [3.8, 4) is 0 Å². The van der Waals surface area contributed by atoms with Gasteiger partial charge in [-0.05, 0) is 58.7 Å². The van der Waals surface area contributed by atoms with Crippen LogP contribution in [-0.4, -0.2) is 8.42 Å². The average Bonchev–Trinajstić information content (AvgIpc) is 2.38. The molecule has 21 heavy (non-hydrogen) atoms. The van der Waals surface area contributed by atoms with Crippen LogP contribution in [0.1, 0.15) is 5.56 Å². The zero-order valence-electron chi connectivity index (χ0n) is 10.8. The molecule has 0 bridgehead atoms. The lowest BCUT2D eigenvalue weighted by Gasteiger charge is -2.12. The minimum Gasteiger partial charge on any atom is -0.397 e. The minimum atomic E-state index is -3.74. The second-order valence-corrected chi connectivity index (χ2v) is 8.20. The van der Waals surface area contributed by atoms with E-state index in [-0.39, 0.29) is 10.6 Å². The lowest BCUT2D eigenvalue weighted by Crippen LogP contribution is -2.14. The van der Waals surface area contributed by atoms with Crippen LogP contribution in [0.15, 0.2) is 44.2 Å². The first-order valence-corrected chi connectivity index (χ1v) is 9.19. The molecule has 2 aromatic rings. The van der Waals surface area contributed by atoms with Crippen molar-refractivity contribution in [3.05, 3.63) is 49.9 Å². The monoisotopic (exact) mass is 452 g/mol. The Kier molecular flexibility index (Phi) is 4.87. The maximum absolute atomic E-state index is 12.4. The molecule has 3 N–H and O–H groups in total. The van der Waals surface area contributed by atoms with E-state index in [2.05, 4.69) is 36.6 Å². The number of nitrogens with two attached hydrogens (primary N) is 1. The van der Waals surface area contributed by atoms with Gasteiger partial charge in [-0.25, -0.2) is 8.42 Å². The fraction of sp³-hybridized carbons (Fsp3) is 0.0769. The molecule has 0 heterocycles. The quantitative estimate of drug-likeness (QED) is 0.668. The fourth-order valence-electron chi connectivity index (χ4n) is 1.69. The number of nitrogen functional groups attached to an aromatic ring is 1. The van der Waals surface area contributed by atoms with Crippen molar-refractivity contribution in [2.75, 3.05) is 10.5 Å². The van der Waals surface area contributed by atoms with Gasteiger partial charge in [-0.3, -0.25) is 4.72 Å². The highest BCUT2D eigenvalue weighted by molar-refractivity contribution is 9.11. The van der Waals surface area contributed by atoms with Gasteiger partial charge in [-0.1, -0.05) is 27.5 Å². The van der Waals surface area contributed by atoms with Crippen LogP contribution < -0.4 is 10.5 Å². The van der Waals surface area contributed by atoms with Crippen molar-refractivity contribution < 1.29 is 8.42 Å². The van der Waals surface area contributed by atoms with Crippen LogP contribution >= 0.6 is 43.5 Å². The predicted molar refractivity (Wildman–Crippen MR) is 93.3 cm³/mol. The van der Waals surface area contributed by atoms with E-state index in [0.717, 1.165) is 4.47 Å². The number of nitrogens with one attached hydrogen (secondary N) is 1. The Hall–Kier alpha value is -0.760. The van der Waals surface area contributed by atoms with E-state index in [1.807, 2.05) is 0 Å². The third-order valence-corrected chi connectivity index (χ3v) is 5.75. The van der Waals surface area contributed by atoms with Crippen molar-refractivity contribution in [1.29, 1.82) is 0 Å². The lowest BCUT2D eigenvalue weighted by atomic mass is 10.2. The van der Waals surface area contributed by atoms with Gasteiger partial charge in [0.2, 0.25) is 0 Å². The van der Waals surface area contributed by atoms with Gasteiger partial charge in [0.1, 0.15) is 0 Å². The molecule has 0 aromatic heterocycles. The first kappa shape index (κ1) is 16.6. The van der Waals surface area contributed by atoms with Gasteiger partial charge in [0.25, 0.3) is 10.0 Å². The molecule has 0 aliphatic carbocycles. The lowest BCUT2D eigenvalue weighted by molar-refractivity contribution is 0.601. The third-order valence-electron chi connectivity index (χ3n) is 2.74. The first-order valence-electron chi connectivity index (χ1n) is 5.74. The first-order chi connectivity index (χ1) is 9.70. The van der Waals surface area contributed by atoms with Crippen LogP contribution in [-0.2, 0) is 10.0 Å².